The topological polar surface area (TPSA) is 76.1 Å². The third-order valence-electron chi connectivity index (χ3n) is 4.28. The summed E-state index contributed by atoms with van der Waals surface area (Å²) in [6, 6.07) is 14.2. The molecule has 1 amide bonds. The first-order chi connectivity index (χ1) is 14.4. The average molecular weight is 444 g/mol. The van der Waals surface area contributed by atoms with Gasteiger partial charge in [0.15, 0.2) is 10.4 Å². The van der Waals surface area contributed by atoms with Crippen molar-refractivity contribution in [3.8, 4) is 11.5 Å². The predicted molar refractivity (Wildman–Crippen MR) is 122 cm³/mol. The predicted octanol–water partition coefficient (Wildman–Crippen LogP) is 4.73. The Labute approximate surface area is 184 Å². The Kier molecular flexibility index (Phi) is 7.12. The van der Waals surface area contributed by atoms with Crippen LogP contribution >= 0.6 is 24.0 Å². The van der Waals surface area contributed by atoms with Crippen molar-refractivity contribution in [3.05, 3.63) is 59.0 Å². The number of nitrogens with zero attached hydrogens (tertiary/aromatic N) is 1. The summed E-state index contributed by atoms with van der Waals surface area (Å²) in [6.45, 7) is 4.10. The normalized spacial score (nSPS) is 16.1. The monoisotopic (exact) mass is 443 g/mol. The van der Waals surface area contributed by atoms with Gasteiger partial charge in [0.25, 0.3) is 5.91 Å². The summed E-state index contributed by atoms with van der Waals surface area (Å²) < 4.78 is 11.6. The van der Waals surface area contributed by atoms with Gasteiger partial charge in [-0.2, -0.15) is 0 Å². The number of aliphatic carboxylic acids is 1. The zero-order chi connectivity index (χ0) is 21.7. The summed E-state index contributed by atoms with van der Waals surface area (Å²) in [4.78, 5) is 26.2. The first kappa shape index (κ1) is 21.9. The van der Waals surface area contributed by atoms with Crippen LogP contribution in [0.2, 0.25) is 0 Å². The highest BCUT2D eigenvalue weighted by Gasteiger charge is 2.34. The van der Waals surface area contributed by atoms with Crippen LogP contribution in [-0.4, -0.2) is 34.0 Å². The number of carbonyl (C=O) groups excluding carboxylic acids is 1. The first-order valence-electron chi connectivity index (χ1n) is 9.43. The number of benzene rings is 2. The van der Waals surface area contributed by atoms with E-state index in [2.05, 4.69) is 0 Å². The molecule has 1 N–H and O–H groups in total. The number of hydrogen-bond donors (Lipinski definition) is 1. The molecule has 1 aliphatic rings. The van der Waals surface area contributed by atoms with Gasteiger partial charge in [0.2, 0.25) is 0 Å². The van der Waals surface area contributed by atoms with Gasteiger partial charge in [-0.15, -0.1) is 0 Å². The minimum atomic E-state index is -1.02. The molecular formula is C22H21NO5S2. The Morgan fingerprint density at radius 3 is 2.70 bits per heavy atom. The van der Waals surface area contributed by atoms with Crippen LogP contribution < -0.4 is 14.4 Å². The van der Waals surface area contributed by atoms with Crippen molar-refractivity contribution < 1.29 is 24.2 Å². The smallest absolute Gasteiger partial charge is 0.344 e. The van der Waals surface area contributed by atoms with Gasteiger partial charge >= 0.3 is 5.97 Å². The first-order valence-corrected chi connectivity index (χ1v) is 10.7. The second-order valence-corrected chi connectivity index (χ2v) is 8.02. The molecule has 1 atom stereocenters. The number of anilines is 1. The zero-order valence-electron chi connectivity index (χ0n) is 16.5. The summed E-state index contributed by atoms with van der Waals surface area (Å²) >= 11 is 6.65. The van der Waals surface area contributed by atoms with Gasteiger partial charge in [-0.25, -0.2) is 4.79 Å². The SMILES string of the molecule is CCOc1ccccc1N1C(=O)/C(=C\c2cccc(OC(CC)C(=O)O)c2)SC1=S. The van der Waals surface area contributed by atoms with E-state index in [4.69, 9.17) is 21.7 Å². The van der Waals surface area contributed by atoms with Crippen molar-refractivity contribution in [2.45, 2.75) is 26.4 Å². The summed E-state index contributed by atoms with van der Waals surface area (Å²) in [7, 11) is 0. The van der Waals surface area contributed by atoms with Crippen LogP contribution in [0.5, 0.6) is 11.5 Å². The number of carboxylic acid groups (broad SMARTS) is 1. The standard InChI is InChI=1S/C22H21NO5S2/c1-3-17(21(25)26)28-15-9-7-8-14(12-15)13-19-20(24)23(22(29)30-19)16-10-5-6-11-18(16)27-4-2/h5-13,17H,3-4H2,1-2H3,(H,25,26)/b19-13+. The van der Waals surface area contributed by atoms with Crippen LogP contribution in [0.1, 0.15) is 25.8 Å². The molecule has 1 fully saturated rings. The Hall–Kier alpha value is -2.84. The number of amides is 1. The van der Waals surface area contributed by atoms with E-state index in [-0.39, 0.29) is 5.91 Å². The van der Waals surface area contributed by atoms with E-state index in [9.17, 15) is 14.7 Å². The lowest BCUT2D eigenvalue weighted by molar-refractivity contribution is -0.145. The number of ether oxygens (including phenoxy) is 2. The molecule has 1 saturated heterocycles. The van der Waals surface area contributed by atoms with Crippen LogP contribution in [-0.2, 0) is 9.59 Å². The Balaban J connectivity index is 1.86. The lowest BCUT2D eigenvalue weighted by atomic mass is 10.2. The summed E-state index contributed by atoms with van der Waals surface area (Å²) in [5.74, 6) is -0.237. The van der Waals surface area contributed by atoms with Crippen molar-refractivity contribution in [3.63, 3.8) is 0 Å². The lowest BCUT2D eigenvalue weighted by Gasteiger charge is -2.18. The molecule has 156 valence electrons. The summed E-state index contributed by atoms with van der Waals surface area (Å²) in [5, 5.41) is 9.18. The number of hydrogen-bond acceptors (Lipinski definition) is 6. The maximum Gasteiger partial charge on any atom is 0.344 e. The second-order valence-electron chi connectivity index (χ2n) is 6.34. The Morgan fingerprint density at radius 2 is 2.00 bits per heavy atom. The van der Waals surface area contributed by atoms with Gasteiger partial charge in [0.05, 0.1) is 17.2 Å². The number of thiocarbonyl (C=S) groups is 1. The minimum absolute atomic E-state index is 0.236. The van der Waals surface area contributed by atoms with Crippen molar-refractivity contribution in [2.24, 2.45) is 0 Å². The molecule has 1 unspecified atom stereocenters. The fourth-order valence-corrected chi connectivity index (χ4v) is 4.18. The molecule has 1 aliphatic heterocycles. The molecule has 0 aromatic heterocycles. The molecule has 1 heterocycles. The molecule has 2 aromatic carbocycles. The van der Waals surface area contributed by atoms with E-state index >= 15 is 0 Å². The van der Waals surface area contributed by atoms with Crippen LogP contribution in [0.15, 0.2) is 53.4 Å². The van der Waals surface area contributed by atoms with Gasteiger partial charge in [-0.3, -0.25) is 9.69 Å². The molecule has 0 aliphatic carbocycles. The molecule has 0 radical (unpaired) electrons. The van der Waals surface area contributed by atoms with E-state index in [1.165, 1.54) is 16.7 Å². The number of carboxylic acids is 1. The fraction of sp³-hybridized carbons (Fsp3) is 0.227. The van der Waals surface area contributed by atoms with E-state index in [1.807, 2.05) is 25.1 Å². The van der Waals surface area contributed by atoms with Gasteiger partial charge in [0, 0.05) is 0 Å². The number of para-hydroxylation sites is 2. The highest BCUT2D eigenvalue weighted by molar-refractivity contribution is 8.27. The van der Waals surface area contributed by atoms with Gasteiger partial charge in [-0.05, 0) is 49.2 Å². The average Bonchev–Trinajstić information content (AvgIpc) is 3.00. The Bertz CT molecular complexity index is 1000. The van der Waals surface area contributed by atoms with Crippen molar-refractivity contribution >= 4 is 51.9 Å². The summed E-state index contributed by atoms with van der Waals surface area (Å²) in [6.07, 6.45) is 1.14. The molecule has 30 heavy (non-hydrogen) atoms. The van der Waals surface area contributed by atoms with Crippen LogP contribution in [0.3, 0.4) is 0 Å². The number of carbonyl (C=O) groups is 2. The molecule has 0 saturated carbocycles. The quantitative estimate of drug-likeness (QED) is 0.467. The summed E-state index contributed by atoms with van der Waals surface area (Å²) in [5.41, 5.74) is 1.32. The number of thioether (sulfide) groups is 1. The maximum atomic E-state index is 13.1. The molecule has 0 bridgehead atoms. The number of rotatable bonds is 8. The molecule has 3 rings (SSSR count). The van der Waals surface area contributed by atoms with E-state index in [0.717, 1.165) is 0 Å². The largest absolute Gasteiger partial charge is 0.492 e. The Morgan fingerprint density at radius 1 is 1.23 bits per heavy atom. The van der Waals surface area contributed by atoms with E-state index < -0.39 is 12.1 Å². The van der Waals surface area contributed by atoms with Crippen molar-refractivity contribution in [2.75, 3.05) is 11.5 Å². The third-order valence-corrected chi connectivity index (χ3v) is 5.58. The highest BCUT2D eigenvalue weighted by atomic mass is 32.2. The van der Waals surface area contributed by atoms with Crippen molar-refractivity contribution in [1.82, 2.24) is 0 Å². The van der Waals surface area contributed by atoms with Gasteiger partial charge < -0.3 is 14.6 Å². The fourth-order valence-electron chi connectivity index (χ4n) is 2.90. The van der Waals surface area contributed by atoms with Crippen molar-refractivity contribution in [1.29, 1.82) is 0 Å². The molecule has 0 spiro atoms. The maximum absolute atomic E-state index is 13.1. The third kappa shape index (κ3) is 4.83. The van der Waals surface area contributed by atoms with Gasteiger partial charge in [-0.1, -0.05) is 55.2 Å². The molecular weight excluding hydrogens is 422 g/mol. The molecule has 2 aromatic rings. The molecule has 8 heteroatoms. The minimum Gasteiger partial charge on any atom is -0.492 e. The second kappa shape index (κ2) is 9.77. The molecule has 6 nitrogen and oxygen atoms in total. The van der Waals surface area contributed by atoms with E-state index in [1.54, 1.807) is 43.3 Å². The zero-order valence-corrected chi connectivity index (χ0v) is 18.2. The van der Waals surface area contributed by atoms with Crippen LogP contribution in [0.25, 0.3) is 6.08 Å². The van der Waals surface area contributed by atoms with Gasteiger partial charge in [0.1, 0.15) is 11.5 Å². The van der Waals surface area contributed by atoms with Crippen LogP contribution in [0, 0.1) is 0 Å². The highest BCUT2D eigenvalue weighted by Crippen LogP contribution is 2.40. The van der Waals surface area contributed by atoms with Crippen LogP contribution in [0.4, 0.5) is 5.69 Å². The lowest BCUT2D eigenvalue weighted by Crippen LogP contribution is -2.28. The van der Waals surface area contributed by atoms with E-state index in [0.29, 0.717) is 45.0 Å².